The molecule has 2 aromatic rings. The van der Waals surface area contributed by atoms with E-state index in [9.17, 15) is 18.0 Å². The second-order valence-electron chi connectivity index (χ2n) is 4.81. The van der Waals surface area contributed by atoms with Gasteiger partial charge in [-0.15, -0.1) is 11.3 Å². The summed E-state index contributed by atoms with van der Waals surface area (Å²) in [5.41, 5.74) is -0.539. The average Bonchev–Trinajstić information content (AvgIpc) is 3.12. The Morgan fingerprint density at radius 3 is 2.48 bits per heavy atom. The third-order valence-corrected chi connectivity index (χ3v) is 4.14. The van der Waals surface area contributed by atoms with Crippen LogP contribution in [0.1, 0.15) is 28.2 Å². The maximum Gasteiger partial charge on any atom is 0.435 e. The lowest BCUT2D eigenvalue weighted by molar-refractivity contribution is -0.141. The van der Waals surface area contributed by atoms with Crippen molar-refractivity contribution >= 4 is 17.2 Å². The van der Waals surface area contributed by atoms with Gasteiger partial charge in [-0.1, -0.05) is 30.3 Å². The van der Waals surface area contributed by atoms with Gasteiger partial charge in [0.05, 0.1) is 0 Å². The number of alkyl halides is 3. The Balaban J connectivity index is 2.00. The number of rotatable bonds is 3. The number of halogens is 3. The van der Waals surface area contributed by atoms with Crippen LogP contribution >= 0.6 is 11.3 Å². The van der Waals surface area contributed by atoms with Gasteiger partial charge in [-0.3, -0.25) is 4.79 Å². The molecule has 110 valence electrons. The Morgan fingerprint density at radius 2 is 1.90 bits per heavy atom. The quantitative estimate of drug-likeness (QED) is 0.938. The average molecular weight is 312 g/mol. The summed E-state index contributed by atoms with van der Waals surface area (Å²) >= 11 is 0.774. The van der Waals surface area contributed by atoms with Gasteiger partial charge < -0.3 is 5.32 Å². The van der Waals surface area contributed by atoms with E-state index in [-0.39, 0.29) is 15.9 Å². The summed E-state index contributed by atoms with van der Waals surface area (Å²) in [7, 11) is 0. The molecule has 1 N–H and O–H groups in total. The normalized spacial score (nSPS) is 15.0. The number of hydrogen-bond acceptors (Lipinski definition) is 3. The number of aromatic nitrogens is 1. The molecule has 21 heavy (non-hydrogen) atoms. The minimum Gasteiger partial charge on any atom is -0.349 e. The highest BCUT2D eigenvalue weighted by Crippen LogP contribution is 2.38. The fraction of sp³-hybridized carbons (Fsp3) is 0.286. The Bertz CT molecular complexity index is 663. The molecule has 1 aliphatic carbocycles. The standard InChI is InChI=1S/C14H11F3N2OS/c15-14(16,17)11-10(12(20)18-9-6-7-9)21-13(19-11)8-4-2-1-3-5-8/h1-5,9H,6-7H2,(H,18,20). The molecular formula is C14H11F3N2OS. The molecule has 1 saturated carbocycles. The van der Waals surface area contributed by atoms with Gasteiger partial charge in [0.25, 0.3) is 5.91 Å². The molecule has 0 bridgehead atoms. The number of amides is 1. The van der Waals surface area contributed by atoms with Crippen molar-refractivity contribution in [2.45, 2.75) is 25.1 Å². The summed E-state index contributed by atoms with van der Waals surface area (Å²) in [5.74, 6) is -0.690. The number of thiazole rings is 1. The van der Waals surface area contributed by atoms with E-state index < -0.39 is 17.8 Å². The number of nitrogens with zero attached hydrogens (tertiary/aromatic N) is 1. The maximum absolute atomic E-state index is 13.1. The molecule has 0 radical (unpaired) electrons. The number of benzene rings is 1. The Morgan fingerprint density at radius 1 is 1.24 bits per heavy atom. The van der Waals surface area contributed by atoms with Crippen molar-refractivity contribution < 1.29 is 18.0 Å². The lowest BCUT2D eigenvalue weighted by Gasteiger charge is -2.06. The van der Waals surface area contributed by atoms with Crippen LogP contribution in [0, 0.1) is 0 Å². The van der Waals surface area contributed by atoms with Crippen molar-refractivity contribution in [1.82, 2.24) is 10.3 Å². The van der Waals surface area contributed by atoms with E-state index in [0.29, 0.717) is 5.56 Å². The van der Waals surface area contributed by atoms with E-state index in [1.165, 1.54) is 0 Å². The first-order chi connectivity index (χ1) is 9.95. The van der Waals surface area contributed by atoms with Gasteiger partial charge in [-0.05, 0) is 12.8 Å². The molecule has 3 rings (SSSR count). The van der Waals surface area contributed by atoms with Crippen molar-refractivity contribution in [3.05, 3.63) is 40.9 Å². The summed E-state index contributed by atoms with van der Waals surface area (Å²) in [5, 5.41) is 2.78. The van der Waals surface area contributed by atoms with E-state index in [1.807, 2.05) is 0 Å². The van der Waals surface area contributed by atoms with Gasteiger partial charge in [-0.2, -0.15) is 13.2 Å². The van der Waals surface area contributed by atoms with Gasteiger partial charge >= 0.3 is 6.18 Å². The van der Waals surface area contributed by atoms with Crippen molar-refractivity contribution in [1.29, 1.82) is 0 Å². The van der Waals surface area contributed by atoms with Gasteiger partial charge in [0, 0.05) is 11.6 Å². The molecule has 3 nitrogen and oxygen atoms in total. The largest absolute Gasteiger partial charge is 0.435 e. The van der Waals surface area contributed by atoms with Crippen molar-refractivity contribution in [3.63, 3.8) is 0 Å². The fourth-order valence-corrected chi connectivity index (χ4v) is 2.84. The molecular weight excluding hydrogens is 301 g/mol. The van der Waals surface area contributed by atoms with Gasteiger partial charge in [0.1, 0.15) is 9.88 Å². The van der Waals surface area contributed by atoms with E-state index in [2.05, 4.69) is 10.3 Å². The first-order valence-electron chi connectivity index (χ1n) is 6.39. The lowest BCUT2D eigenvalue weighted by atomic mass is 10.2. The van der Waals surface area contributed by atoms with E-state index in [1.54, 1.807) is 30.3 Å². The van der Waals surface area contributed by atoms with Crippen LogP contribution in [-0.2, 0) is 6.18 Å². The Labute approximate surface area is 122 Å². The molecule has 0 atom stereocenters. The van der Waals surface area contributed by atoms with E-state index in [4.69, 9.17) is 0 Å². The Hall–Kier alpha value is -1.89. The minimum atomic E-state index is -4.64. The highest BCUT2D eigenvalue weighted by atomic mass is 32.1. The van der Waals surface area contributed by atoms with E-state index >= 15 is 0 Å². The maximum atomic E-state index is 13.1. The molecule has 7 heteroatoms. The smallest absolute Gasteiger partial charge is 0.349 e. The molecule has 1 heterocycles. The molecule has 0 unspecified atom stereocenters. The third kappa shape index (κ3) is 3.07. The molecule has 1 aromatic heterocycles. The van der Waals surface area contributed by atoms with Crippen LogP contribution in [0.3, 0.4) is 0 Å². The molecule has 1 amide bonds. The number of carbonyl (C=O) groups excluding carboxylic acids is 1. The van der Waals surface area contributed by atoms with Gasteiger partial charge in [-0.25, -0.2) is 4.98 Å². The van der Waals surface area contributed by atoms with Gasteiger partial charge in [0.2, 0.25) is 0 Å². The first kappa shape index (κ1) is 14.1. The zero-order valence-electron chi connectivity index (χ0n) is 10.8. The van der Waals surface area contributed by atoms with Crippen LogP contribution in [0.15, 0.2) is 30.3 Å². The highest BCUT2D eigenvalue weighted by Gasteiger charge is 2.40. The third-order valence-electron chi connectivity index (χ3n) is 3.04. The second-order valence-corrected chi connectivity index (χ2v) is 5.81. The van der Waals surface area contributed by atoms with E-state index in [0.717, 1.165) is 24.2 Å². The molecule has 0 saturated heterocycles. The zero-order valence-corrected chi connectivity index (χ0v) is 11.6. The molecule has 1 aromatic carbocycles. The zero-order chi connectivity index (χ0) is 15.0. The summed E-state index contributed by atoms with van der Waals surface area (Å²) in [6.07, 6.45) is -3.01. The Kier molecular flexibility index (Phi) is 3.44. The lowest BCUT2D eigenvalue weighted by Crippen LogP contribution is -2.26. The molecule has 0 spiro atoms. The monoisotopic (exact) mass is 312 g/mol. The highest BCUT2D eigenvalue weighted by molar-refractivity contribution is 7.17. The van der Waals surface area contributed by atoms with Crippen LogP contribution in [0.5, 0.6) is 0 Å². The number of hydrogen-bond donors (Lipinski definition) is 1. The van der Waals surface area contributed by atoms with Gasteiger partial charge in [0.15, 0.2) is 5.69 Å². The first-order valence-corrected chi connectivity index (χ1v) is 7.21. The molecule has 1 fully saturated rings. The predicted molar refractivity (Wildman–Crippen MR) is 73.0 cm³/mol. The summed E-state index contributed by atoms with van der Waals surface area (Å²) < 4.78 is 39.2. The van der Waals surface area contributed by atoms with Crippen LogP contribution in [0.2, 0.25) is 0 Å². The van der Waals surface area contributed by atoms with Crippen molar-refractivity contribution in [2.75, 3.05) is 0 Å². The predicted octanol–water partition coefficient (Wildman–Crippen LogP) is 3.72. The topological polar surface area (TPSA) is 42.0 Å². The molecule has 0 aliphatic heterocycles. The summed E-state index contributed by atoms with van der Waals surface area (Å²) in [6, 6.07) is 8.54. The molecule has 1 aliphatic rings. The SMILES string of the molecule is O=C(NC1CC1)c1sc(-c2ccccc2)nc1C(F)(F)F. The minimum absolute atomic E-state index is 0.000795. The van der Waals surface area contributed by atoms with Crippen LogP contribution < -0.4 is 5.32 Å². The summed E-state index contributed by atoms with van der Waals surface area (Å²) in [6.45, 7) is 0. The second kappa shape index (κ2) is 5.14. The number of carbonyl (C=O) groups is 1. The van der Waals surface area contributed by atoms with Crippen LogP contribution in [0.25, 0.3) is 10.6 Å². The van der Waals surface area contributed by atoms with Crippen molar-refractivity contribution in [2.24, 2.45) is 0 Å². The van der Waals surface area contributed by atoms with Crippen LogP contribution in [0.4, 0.5) is 13.2 Å². The fourth-order valence-electron chi connectivity index (χ4n) is 1.85. The summed E-state index contributed by atoms with van der Waals surface area (Å²) in [4.78, 5) is 15.2. The number of nitrogens with one attached hydrogen (secondary N) is 1. The van der Waals surface area contributed by atoms with Crippen LogP contribution in [-0.4, -0.2) is 16.9 Å². The van der Waals surface area contributed by atoms with Crippen molar-refractivity contribution in [3.8, 4) is 10.6 Å².